The molecule has 7 heteroatoms. The number of hydrogen-bond acceptors (Lipinski definition) is 4. The van der Waals surface area contributed by atoms with Crippen molar-refractivity contribution in [2.75, 3.05) is 11.9 Å². The number of aryl methyl sites for hydroxylation is 1. The molecule has 0 aliphatic heterocycles. The molecule has 0 aliphatic rings. The average molecular weight is 254 g/mol. The molecule has 1 rings (SSSR count). The van der Waals surface area contributed by atoms with E-state index in [0.29, 0.717) is 5.69 Å². The molecule has 0 unspecified atom stereocenters. The molecular weight excluding hydrogens is 236 g/mol. The number of rotatable bonds is 2. The van der Waals surface area contributed by atoms with Gasteiger partial charge in [0.1, 0.15) is 11.3 Å². The third kappa shape index (κ3) is 2.99. The molecule has 0 saturated carbocycles. The monoisotopic (exact) mass is 254 g/mol. The summed E-state index contributed by atoms with van der Waals surface area (Å²) in [4.78, 5) is 24.4. The van der Waals surface area contributed by atoms with Gasteiger partial charge in [0.05, 0.1) is 11.9 Å². The minimum atomic E-state index is -0.652. The Balaban J connectivity index is 3.01. The zero-order valence-corrected chi connectivity index (χ0v) is 11.2. The number of nitrogens with two attached hydrogens (primary N) is 1. The van der Waals surface area contributed by atoms with E-state index in [-0.39, 0.29) is 5.69 Å². The largest absolute Gasteiger partial charge is 0.443 e. The van der Waals surface area contributed by atoms with Crippen molar-refractivity contribution in [3.63, 3.8) is 0 Å². The van der Waals surface area contributed by atoms with E-state index in [1.54, 1.807) is 27.8 Å². The Morgan fingerprint density at radius 1 is 1.44 bits per heavy atom. The maximum absolute atomic E-state index is 11.9. The van der Waals surface area contributed by atoms with Crippen LogP contribution < -0.4 is 10.6 Å². The van der Waals surface area contributed by atoms with Gasteiger partial charge in [-0.1, -0.05) is 0 Å². The highest BCUT2D eigenvalue weighted by atomic mass is 16.6. The molecule has 2 amide bonds. The van der Waals surface area contributed by atoms with Crippen LogP contribution in [0.1, 0.15) is 31.3 Å². The van der Waals surface area contributed by atoms with Gasteiger partial charge in [0.15, 0.2) is 0 Å². The van der Waals surface area contributed by atoms with Gasteiger partial charge in [-0.3, -0.25) is 14.4 Å². The molecule has 0 saturated heterocycles. The van der Waals surface area contributed by atoms with E-state index in [0.717, 1.165) is 0 Å². The fourth-order valence-corrected chi connectivity index (χ4v) is 1.39. The molecule has 7 nitrogen and oxygen atoms in total. The van der Waals surface area contributed by atoms with Crippen LogP contribution >= 0.6 is 0 Å². The van der Waals surface area contributed by atoms with Gasteiger partial charge in [0.25, 0.3) is 5.91 Å². The molecule has 1 aromatic rings. The van der Waals surface area contributed by atoms with Crippen LogP contribution in [0.15, 0.2) is 6.20 Å². The van der Waals surface area contributed by atoms with E-state index in [1.165, 1.54) is 22.8 Å². The zero-order valence-electron chi connectivity index (χ0n) is 11.2. The Kier molecular flexibility index (Phi) is 3.64. The molecule has 1 heterocycles. The Labute approximate surface area is 105 Å². The molecule has 2 N–H and O–H groups in total. The summed E-state index contributed by atoms with van der Waals surface area (Å²) in [5.74, 6) is -0.652. The predicted octanol–water partition coefficient (Wildman–Crippen LogP) is 0.890. The number of carbonyl (C=O) groups excluding carboxylic acids is 2. The van der Waals surface area contributed by atoms with Crippen molar-refractivity contribution in [2.24, 2.45) is 12.8 Å². The lowest BCUT2D eigenvalue weighted by Gasteiger charge is -2.24. The summed E-state index contributed by atoms with van der Waals surface area (Å²) in [6, 6.07) is 0. The lowest BCUT2D eigenvalue weighted by Crippen LogP contribution is -2.35. The molecule has 18 heavy (non-hydrogen) atoms. The van der Waals surface area contributed by atoms with Crippen LogP contribution in [0.4, 0.5) is 10.5 Å². The molecular formula is C11H18N4O3. The minimum absolute atomic E-state index is 0.156. The van der Waals surface area contributed by atoms with Gasteiger partial charge in [-0.15, -0.1) is 0 Å². The van der Waals surface area contributed by atoms with Gasteiger partial charge >= 0.3 is 6.09 Å². The maximum Gasteiger partial charge on any atom is 0.414 e. The second kappa shape index (κ2) is 4.67. The van der Waals surface area contributed by atoms with Gasteiger partial charge in [0.2, 0.25) is 0 Å². The molecule has 1 aromatic heterocycles. The summed E-state index contributed by atoms with van der Waals surface area (Å²) in [5, 5.41) is 3.90. The van der Waals surface area contributed by atoms with Crippen LogP contribution in [0.25, 0.3) is 0 Å². The first kappa shape index (κ1) is 14.0. The topological polar surface area (TPSA) is 90.5 Å². The highest BCUT2D eigenvalue weighted by Gasteiger charge is 2.25. The van der Waals surface area contributed by atoms with E-state index in [2.05, 4.69) is 5.10 Å². The van der Waals surface area contributed by atoms with Crippen LogP contribution in [0.5, 0.6) is 0 Å². The molecule has 100 valence electrons. The van der Waals surface area contributed by atoms with Crippen molar-refractivity contribution in [3.05, 3.63) is 11.9 Å². The summed E-state index contributed by atoms with van der Waals surface area (Å²) in [6.45, 7) is 5.28. The van der Waals surface area contributed by atoms with Gasteiger partial charge in [-0.05, 0) is 20.8 Å². The number of amides is 2. The van der Waals surface area contributed by atoms with E-state index >= 15 is 0 Å². The fraction of sp³-hybridized carbons (Fsp3) is 0.545. The number of nitrogens with zero attached hydrogens (tertiary/aromatic N) is 3. The number of carbonyl (C=O) groups is 2. The van der Waals surface area contributed by atoms with Crippen LogP contribution in [0, 0.1) is 0 Å². The number of hydrogen-bond donors (Lipinski definition) is 1. The van der Waals surface area contributed by atoms with Gasteiger partial charge < -0.3 is 10.5 Å². The molecule has 0 spiro atoms. The molecule has 0 atom stereocenters. The predicted molar refractivity (Wildman–Crippen MR) is 66.4 cm³/mol. The fourth-order valence-electron chi connectivity index (χ4n) is 1.39. The molecule has 0 radical (unpaired) electrons. The Morgan fingerprint density at radius 3 is 2.44 bits per heavy atom. The third-order valence-electron chi connectivity index (χ3n) is 2.18. The summed E-state index contributed by atoms with van der Waals surface area (Å²) in [5.41, 5.74) is 5.11. The number of primary amides is 1. The van der Waals surface area contributed by atoms with Crippen LogP contribution in [-0.4, -0.2) is 34.4 Å². The van der Waals surface area contributed by atoms with Crippen LogP contribution in [0.3, 0.4) is 0 Å². The first-order valence-electron chi connectivity index (χ1n) is 5.42. The summed E-state index contributed by atoms with van der Waals surface area (Å²) >= 11 is 0. The second-order valence-corrected chi connectivity index (χ2v) is 4.91. The number of anilines is 1. The standard InChI is InChI=1S/C11H18N4O3/c1-11(2,3)18-10(17)14(4)7-6-13-15(5)8(7)9(12)16/h6H,1-5H3,(H2,12,16). The highest BCUT2D eigenvalue weighted by Crippen LogP contribution is 2.20. The van der Waals surface area contributed by atoms with E-state index in [1.807, 2.05) is 0 Å². The minimum Gasteiger partial charge on any atom is -0.443 e. The smallest absolute Gasteiger partial charge is 0.414 e. The maximum atomic E-state index is 11.9. The van der Waals surface area contributed by atoms with Crippen LogP contribution in [0.2, 0.25) is 0 Å². The summed E-state index contributed by atoms with van der Waals surface area (Å²) < 4.78 is 6.51. The first-order valence-corrected chi connectivity index (χ1v) is 5.42. The first-order chi connectivity index (χ1) is 8.13. The van der Waals surface area contributed by atoms with Crippen LogP contribution in [-0.2, 0) is 11.8 Å². The van der Waals surface area contributed by atoms with Crippen molar-refractivity contribution in [3.8, 4) is 0 Å². The quantitative estimate of drug-likeness (QED) is 0.848. The van der Waals surface area contributed by atoms with Crippen molar-refractivity contribution < 1.29 is 14.3 Å². The second-order valence-electron chi connectivity index (χ2n) is 4.91. The van der Waals surface area contributed by atoms with E-state index in [4.69, 9.17) is 10.5 Å². The van der Waals surface area contributed by atoms with E-state index in [9.17, 15) is 9.59 Å². The summed E-state index contributed by atoms with van der Waals surface area (Å²) in [6.07, 6.45) is 0.822. The third-order valence-corrected chi connectivity index (χ3v) is 2.18. The molecule has 0 aromatic carbocycles. The lowest BCUT2D eigenvalue weighted by atomic mass is 10.2. The van der Waals surface area contributed by atoms with Crippen molar-refractivity contribution >= 4 is 17.7 Å². The van der Waals surface area contributed by atoms with E-state index < -0.39 is 17.6 Å². The highest BCUT2D eigenvalue weighted by molar-refractivity contribution is 6.01. The lowest BCUT2D eigenvalue weighted by molar-refractivity contribution is 0.0589. The van der Waals surface area contributed by atoms with Crippen molar-refractivity contribution in [1.29, 1.82) is 0 Å². The number of ether oxygens (including phenoxy) is 1. The van der Waals surface area contributed by atoms with Gasteiger partial charge in [0, 0.05) is 14.1 Å². The Bertz CT molecular complexity index is 473. The SMILES string of the molecule is CN(C(=O)OC(C)(C)C)c1cnn(C)c1C(N)=O. The normalized spacial score (nSPS) is 11.2. The zero-order chi connectivity index (χ0) is 14.1. The summed E-state index contributed by atoms with van der Waals surface area (Å²) in [7, 11) is 3.07. The van der Waals surface area contributed by atoms with Crippen molar-refractivity contribution in [1.82, 2.24) is 9.78 Å². The average Bonchev–Trinajstić information content (AvgIpc) is 2.56. The molecule has 0 bridgehead atoms. The van der Waals surface area contributed by atoms with Gasteiger partial charge in [-0.2, -0.15) is 5.10 Å². The Morgan fingerprint density at radius 2 is 2.00 bits per heavy atom. The van der Waals surface area contributed by atoms with Crippen molar-refractivity contribution in [2.45, 2.75) is 26.4 Å². The Hall–Kier alpha value is -2.05. The van der Waals surface area contributed by atoms with Gasteiger partial charge in [-0.25, -0.2) is 4.79 Å². The molecule has 0 fully saturated rings. The number of aromatic nitrogens is 2. The molecule has 0 aliphatic carbocycles.